The molecule has 0 saturated heterocycles. The average molecular weight is 248 g/mol. The highest BCUT2D eigenvalue weighted by atomic mass is 16.1. The molecule has 1 heteroatoms. The zero-order valence-electron chi connectivity index (χ0n) is 12.0. The van der Waals surface area contributed by atoms with Gasteiger partial charge < -0.3 is 4.79 Å². The first kappa shape index (κ1) is 12.7. The van der Waals surface area contributed by atoms with Crippen LogP contribution >= 0.6 is 0 Å². The lowest BCUT2D eigenvalue weighted by Gasteiger charge is -2.54. The van der Waals surface area contributed by atoms with Crippen molar-refractivity contribution in [2.75, 3.05) is 0 Å². The predicted molar refractivity (Wildman–Crippen MR) is 74.2 cm³/mol. The monoisotopic (exact) mass is 248 g/mol. The zero-order valence-corrected chi connectivity index (χ0v) is 12.0. The van der Waals surface area contributed by atoms with E-state index in [0.717, 1.165) is 30.1 Å². The van der Waals surface area contributed by atoms with Crippen molar-refractivity contribution in [3.8, 4) is 0 Å². The number of carbonyl (C=O) groups excluding carboxylic acids is 1. The Hall–Kier alpha value is -0.330. The Morgan fingerprint density at radius 1 is 1.06 bits per heavy atom. The molecule has 3 saturated carbocycles. The maximum Gasteiger partial charge on any atom is 0.126 e. The van der Waals surface area contributed by atoms with E-state index in [-0.39, 0.29) is 5.41 Å². The van der Waals surface area contributed by atoms with Crippen molar-refractivity contribution in [2.45, 2.75) is 65.2 Å². The summed E-state index contributed by atoms with van der Waals surface area (Å²) in [6.45, 7) is 4.67. The first-order valence-corrected chi connectivity index (χ1v) is 8.10. The minimum Gasteiger partial charge on any atom is -0.303 e. The van der Waals surface area contributed by atoms with Crippen molar-refractivity contribution in [1.29, 1.82) is 0 Å². The number of hydrogen-bond acceptors (Lipinski definition) is 1. The van der Waals surface area contributed by atoms with Gasteiger partial charge >= 0.3 is 0 Å². The third-order valence-corrected chi connectivity index (χ3v) is 6.59. The van der Waals surface area contributed by atoms with Gasteiger partial charge in [0.05, 0.1) is 0 Å². The molecule has 102 valence electrons. The van der Waals surface area contributed by atoms with E-state index in [4.69, 9.17) is 0 Å². The second kappa shape index (κ2) is 4.65. The van der Waals surface area contributed by atoms with E-state index in [1.165, 1.54) is 51.2 Å². The summed E-state index contributed by atoms with van der Waals surface area (Å²) in [5.74, 6) is 4.48. The summed E-state index contributed by atoms with van der Waals surface area (Å²) in [5.41, 5.74) is 0.0109. The first-order valence-electron chi connectivity index (χ1n) is 8.10. The first-order chi connectivity index (χ1) is 8.64. The van der Waals surface area contributed by atoms with Crippen LogP contribution in [0.1, 0.15) is 65.2 Å². The molecule has 0 heterocycles. The lowest BCUT2D eigenvalue weighted by atomic mass is 9.51. The molecule has 0 aliphatic heterocycles. The lowest BCUT2D eigenvalue weighted by molar-refractivity contribution is -0.127. The van der Waals surface area contributed by atoms with Gasteiger partial charge in [0, 0.05) is 5.41 Å². The summed E-state index contributed by atoms with van der Waals surface area (Å²) in [6.07, 6.45) is 12.2. The second-order valence-electron chi connectivity index (χ2n) is 7.71. The molecule has 6 atom stereocenters. The topological polar surface area (TPSA) is 17.1 Å². The van der Waals surface area contributed by atoms with Gasteiger partial charge in [0.25, 0.3) is 0 Å². The van der Waals surface area contributed by atoms with Crippen LogP contribution in [0.4, 0.5) is 0 Å². The van der Waals surface area contributed by atoms with Crippen LogP contribution in [0.2, 0.25) is 0 Å². The molecule has 0 aromatic heterocycles. The molecular weight excluding hydrogens is 220 g/mol. The van der Waals surface area contributed by atoms with Gasteiger partial charge in [-0.3, -0.25) is 0 Å². The number of hydrogen-bond donors (Lipinski definition) is 0. The molecule has 5 unspecified atom stereocenters. The van der Waals surface area contributed by atoms with Crippen molar-refractivity contribution in [1.82, 2.24) is 0 Å². The molecule has 0 spiro atoms. The predicted octanol–water partition coefficient (Wildman–Crippen LogP) is 4.45. The van der Waals surface area contributed by atoms with Crippen molar-refractivity contribution in [3.63, 3.8) is 0 Å². The largest absolute Gasteiger partial charge is 0.303 e. The highest BCUT2D eigenvalue weighted by Crippen LogP contribution is 2.56. The van der Waals surface area contributed by atoms with Crippen LogP contribution in [0, 0.1) is 35.0 Å². The minimum absolute atomic E-state index is 0.0109. The van der Waals surface area contributed by atoms with Gasteiger partial charge in [-0.15, -0.1) is 0 Å². The van der Waals surface area contributed by atoms with Crippen LogP contribution in [0.5, 0.6) is 0 Å². The van der Waals surface area contributed by atoms with Gasteiger partial charge in [0.15, 0.2) is 0 Å². The van der Waals surface area contributed by atoms with Crippen LogP contribution in [0.15, 0.2) is 0 Å². The van der Waals surface area contributed by atoms with Crippen molar-refractivity contribution in [3.05, 3.63) is 0 Å². The van der Waals surface area contributed by atoms with Crippen LogP contribution in [-0.2, 0) is 4.79 Å². The van der Waals surface area contributed by atoms with Crippen molar-refractivity contribution in [2.24, 2.45) is 35.0 Å². The fourth-order valence-corrected chi connectivity index (χ4v) is 5.61. The second-order valence-corrected chi connectivity index (χ2v) is 7.71. The van der Waals surface area contributed by atoms with E-state index < -0.39 is 0 Å². The molecule has 0 amide bonds. The lowest BCUT2D eigenvalue weighted by Crippen LogP contribution is -2.47. The summed E-state index contributed by atoms with van der Waals surface area (Å²) < 4.78 is 0. The molecule has 0 aromatic carbocycles. The Morgan fingerprint density at radius 2 is 1.89 bits per heavy atom. The Bertz CT molecular complexity index is 324. The van der Waals surface area contributed by atoms with Gasteiger partial charge in [-0.25, -0.2) is 0 Å². The smallest absolute Gasteiger partial charge is 0.126 e. The number of rotatable bonds is 1. The van der Waals surface area contributed by atoms with E-state index in [1.807, 2.05) is 0 Å². The highest BCUT2D eigenvalue weighted by Gasteiger charge is 2.49. The SMILES string of the molecule is CC1CCC2C(CCC3C2CCC[C@@]3(C)C=O)C1. The number of aldehydes is 1. The molecule has 3 aliphatic rings. The average Bonchev–Trinajstić information content (AvgIpc) is 2.38. The van der Waals surface area contributed by atoms with Gasteiger partial charge in [-0.05, 0) is 68.1 Å². The third kappa shape index (κ3) is 1.94. The molecule has 3 fully saturated rings. The van der Waals surface area contributed by atoms with E-state index in [0.29, 0.717) is 5.92 Å². The van der Waals surface area contributed by atoms with E-state index in [2.05, 4.69) is 13.8 Å². The van der Waals surface area contributed by atoms with Gasteiger partial charge in [-0.1, -0.05) is 26.7 Å². The van der Waals surface area contributed by atoms with Gasteiger partial charge in [0.1, 0.15) is 6.29 Å². The van der Waals surface area contributed by atoms with E-state index in [1.54, 1.807) is 0 Å². The maximum absolute atomic E-state index is 11.5. The Morgan fingerprint density at radius 3 is 2.67 bits per heavy atom. The molecule has 0 bridgehead atoms. The molecule has 1 nitrogen and oxygen atoms in total. The van der Waals surface area contributed by atoms with Crippen molar-refractivity contribution < 1.29 is 4.79 Å². The minimum atomic E-state index is 0.0109. The molecule has 0 radical (unpaired) electrons. The summed E-state index contributed by atoms with van der Waals surface area (Å²) >= 11 is 0. The maximum atomic E-state index is 11.5. The van der Waals surface area contributed by atoms with Crippen LogP contribution < -0.4 is 0 Å². The molecule has 0 aromatic rings. The highest BCUT2D eigenvalue weighted by molar-refractivity contribution is 5.59. The van der Waals surface area contributed by atoms with Crippen LogP contribution in [-0.4, -0.2) is 6.29 Å². The summed E-state index contributed by atoms with van der Waals surface area (Å²) in [4.78, 5) is 11.5. The molecular formula is C17H28O. The van der Waals surface area contributed by atoms with Gasteiger partial charge in [-0.2, -0.15) is 0 Å². The Labute approximate surface area is 112 Å². The Balaban J connectivity index is 1.81. The van der Waals surface area contributed by atoms with Crippen LogP contribution in [0.25, 0.3) is 0 Å². The third-order valence-electron chi connectivity index (χ3n) is 6.59. The Kier molecular flexibility index (Phi) is 3.28. The standard InChI is InChI=1S/C17H28O/c1-12-5-7-14-13(10-12)6-8-16-15(14)4-3-9-17(16,2)11-18/h11-16H,3-10H2,1-2H3/t12?,13?,14?,15?,16?,17-/m0/s1. The summed E-state index contributed by atoms with van der Waals surface area (Å²) in [5, 5.41) is 0. The normalized spacial score (nSPS) is 52.2. The summed E-state index contributed by atoms with van der Waals surface area (Å²) in [6, 6.07) is 0. The summed E-state index contributed by atoms with van der Waals surface area (Å²) in [7, 11) is 0. The molecule has 18 heavy (non-hydrogen) atoms. The fourth-order valence-electron chi connectivity index (χ4n) is 5.61. The number of fused-ring (bicyclic) bond motifs is 3. The van der Waals surface area contributed by atoms with E-state index >= 15 is 0 Å². The quantitative estimate of drug-likeness (QED) is 0.626. The van der Waals surface area contributed by atoms with Crippen molar-refractivity contribution >= 4 is 6.29 Å². The van der Waals surface area contributed by atoms with E-state index in [9.17, 15) is 4.79 Å². The molecule has 3 aliphatic carbocycles. The fraction of sp³-hybridized carbons (Fsp3) is 0.941. The molecule has 0 N–H and O–H groups in total. The van der Waals surface area contributed by atoms with Crippen LogP contribution in [0.3, 0.4) is 0 Å². The zero-order chi connectivity index (χ0) is 12.8. The number of carbonyl (C=O) groups is 1. The van der Waals surface area contributed by atoms with Gasteiger partial charge in [0.2, 0.25) is 0 Å². The molecule has 3 rings (SSSR count).